The lowest BCUT2D eigenvalue weighted by Crippen LogP contribution is -2.50. The van der Waals surface area contributed by atoms with E-state index in [0.717, 1.165) is 31.6 Å². The molecule has 4 nitrogen and oxygen atoms in total. The second-order valence-corrected chi connectivity index (χ2v) is 5.97. The summed E-state index contributed by atoms with van der Waals surface area (Å²) in [6, 6.07) is 1.32. The molecule has 0 amide bonds. The van der Waals surface area contributed by atoms with Gasteiger partial charge in [-0.15, -0.1) is 0 Å². The minimum atomic E-state index is 0.245. The van der Waals surface area contributed by atoms with Crippen LogP contribution in [0.25, 0.3) is 0 Å². The van der Waals surface area contributed by atoms with Crippen LogP contribution in [-0.2, 0) is 9.47 Å². The van der Waals surface area contributed by atoms with Crippen LogP contribution in [0.15, 0.2) is 0 Å². The highest BCUT2D eigenvalue weighted by Gasteiger charge is 2.42. The number of ether oxygens (including phenoxy) is 2. The van der Waals surface area contributed by atoms with Crippen molar-refractivity contribution in [1.82, 2.24) is 10.2 Å². The molecule has 106 valence electrons. The topological polar surface area (TPSA) is 33.7 Å². The summed E-state index contributed by atoms with van der Waals surface area (Å²) in [5.41, 5.74) is 0. The summed E-state index contributed by atoms with van der Waals surface area (Å²) in [6.07, 6.45) is 3.18. The van der Waals surface area contributed by atoms with Gasteiger partial charge < -0.3 is 14.8 Å². The predicted octanol–water partition coefficient (Wildman–Crippen LogP) is 1.11. The van der Waals surface area contributed by atoms with Gasteiger partial charge in [-0.25, -0.2) is 0 Å². The molecule has 1 heterocycles. The lowest BCUT2D eigenvalue weighted by molar-refractivity contribution is -0.00461. The Balaban J connectivity index is 1.82. The normalized spacial score (nSPS) is 37.2. The van der Waals surface area contributed by atoms with Crippen LogP contribution in [0.4, 0.5) is 0 Å². The molecule has 0 radical (unpaired) electrons. The van der Waals surface area contributed by atoms with Crippen molar-refractivity contribution < 1.29 is 9.47 Å². The maximum absolute atomic E-state index is 5.51. The predicted molar refractivity (Wildman–Crippen MR) is 72.8 cm³/mol. The summed E-state index contributed by atoms with van der Waals surface area (Å²) in [5, 5.41) is 3.56. The van der Waals surface area contributed by atoms with Crippen LogP contribution >= 0.6 is 0 Å². The smallest absolute Gasteiger partial charge is 0.0971 e. The molecule has 18 heavy (non-hydrogen) atoms. The summed E-state index contributed by atoms with van der Waals surface area (Å²) in [4.78, 5) is 2.57. The van der Waals surface area contributed by atoms with Crippen molar-refractivity contribution in [3.8, 4) is 0 Å². The van der Waals surface area contributed by atoms with Gasteiger partial charge >= 0.3 is 0 Å². The number of nitrogens with one attached hydrogen (secondary N) is 1. The Hall–Kier alpha value is -0.160. The molecular weight excluding hydrogens is 228 g/mol. The van der Waals surface area contributed by atoms with Gasteiger partial charge in [0.05, 0.1) is 12.2 Å². The number of nitrogens with zero attached hydrogens (tertiary/aromatic N) is 1. The van der Waals surface area contributed by atoms with Gasteiger partial charge in [0.1, 0.15) is 0 Å². The first-order valence-corrected chi connectivity index (χ1v) is 7.18. The van der Waals surface area contributed by atoms with Crippen LogP contribution in [0.2, 0.25) is 0 Å². The first kappa shape index (κ1) is 14.3. The van der Waals surface area contributed by atoms with Gasteiger partial charge in [-0.1, -0.05) is 13.8 Å². The zero-order valence-electron chi connectivity index (χ0n) is 12.2. The average Bonchev–Trinajstić information content (AvgIpc) is 2.70. The fraction of sp³-hybridized carbons (Fsp3) is 1.00. The molecule has 2 aliphatic rings. The lowest BCUT2D eigenvalue weighted by atomic mass is 9.78. The molecule has 4 unspecified atom stereocenters. The van der Waals surface area contributed by atoms with E-state index >= 15 is 0 Å². The second-order valence-electron chi connectivity index (χ2n) is 5.97. The fourth-order valence-corrected chi connectivity index (χ4v) is 3.15. The maximum Gasteiger partial charge on any atom is 0.0971 e. The van der Waals surface area contributed by atoms with Crippen molar-refractivity contribution in [1.29, 1.82) is 0 Å². The summed E-state index contributed by atoms with van der Waals surface area (Å²) >= 11 is 0. The van der Waals surface area contributed by atoms with E-state index in [-0.39, 0.29) is 12.2 Å². The third-order valence-electron chi connectivity index (χ3n) is 4.48. The Bertz CT molecular complexity index is 248. The van der Waals surface area contributed by atoms with Gasteiger partial charge in [0.2, 0.25) is 0 Å². The Kier molecular flexibility index (Phi) is 5.01. The molecule has 1 saturated carbocycles. The van der Waals surface area contributed by atoms with Crippen LogP contribution in [-0.4, -0.2) is 63.0 Å². The van der Waals surface area contributed by atoms with Crippen molar-refractivity contribution in [2.45, 2.75) is 51.0 Å². The highest BCUT2D eigenvalue weighted by atomic mass is 16.5. The fourth-order valence-electron chi connectivity index (χ4n) is 3.15. The molecule has 0 aromatic carbocycles. The van der Waals surface area contributed by atoms with Crippen LogP contribution in [0.5, 0.6) is 0 Å². The largest absolute Gasteiger partial charge is 0.377 e. The van der Waals surface area contributed by atoms with Gasteiger partial charge in [-0.05, 0) is 25.3 Å². The molecule has 0 aromatic heterocycles. The number of rotatable bonds is 6. The maximum atomic E-state index is 5.51. The number of methoxy groups -OCH3 is 2. The summed E-state index contributed by atoms with van der Waals surface area (Å²) in [6.45, 7) is 7.63. The number of likely N-dealkylation sites (tertiary alicyclic amines) is 1. The highest BCUT2D eigenvalue weighted by molar-refractivity contribution is 4.96. The molecule has 1 N–H and O–H groups in total. The Labute approximate surface area is 111 Å². The molecule has 4 heteroatoms. The Morgan fingerprint density at radius 3 is 2.11 bits per heavy atom. The van der Waals surface area contributed by atoms with Crippen molar-refractivity contribution in [2.75, 3.05) is 33.9 Å². The first-order chi connectivity index (χ1) is 8.65. The highest BCUT2D eigenvalue weighted by Crippen LogP contribution is 2.34. The average molecular weight is 256 g/mol. The van der Waals surface area contributed by atoms with Crippen LogP contribution in [0.1, 0.15) is 26.7 Å². The monoisotopic (exact) mass is 256 g/mol. The molecule has 1 saturated heterocycles. The van der Waals surface area contributed by atoms with Crippen LogP contribution < -0.4 is 5.32 Å². The SMILES string of the molecule is COC1CN(C2CCC2CNC(C)C)CC1OC. The van der Waals surface area contributed by atoms with Gasteiger partial charge in [0, 0.05) is 39.4 Å². The number of hydrogen-bond donors (Lipinski definition) is 1. The summed E-state index contributed by atoms with van der Waals surface area (Å²) in [5.74, 6) is 0.806. The molecule has 1 aliphatic carbocycles. The zero-order valence-corrected chi connectivity index (χ0v) is 12.2. The number of hydrogen-bond acceptors (Lipinski definition) is 4. The van der Waals surface area contributed by atoms with Crippen LogP contribution in [0.3, 0.4) is 0 Å². The van der Waals surface area contributed by atoms with Crippen LogP contribution in [0, 0.1) is 5.92 Å². The first-order valence-electron chi connectivity index (χ1n) is 7.18. The molecule has 2 rings (SSSR count). The zero-order chi connectivity index (χ0) is 13.1. The summed E-state index contributed by atoms with van der Waals surface area (Å²) < 4.78 is 11.0. The Morgan fingerprint density at radius 1 is 1.11 bits per heavy atom. The van der Waals surface area contributed by atoms with E-state index in [1.54, 1.807) is 14.2 Å². The van der Waals surface area contributed by atoms with E-state index in [0.29, 0.717) is 6.04 Å². The lowest BCUT2D eigenvalue weighted by Gasteiger charge is -2.43. The molecule has 4 atom stereocenters. The van der Waals surface area contributed by atoms with Gasteiger partial charge in [-0.3, -0.25) is 4.90 Å². The van der Waals surface area contributed by atoms with E-state index in [2.05, 4.69) is 24.1 Å². The summed E-state index contributed by atoms with van der Waals surface area (Å²) in [7, 11) is 3.58. The Morgan fingerprint density at radius 2 is 1.72 bits per heavy atom. The van der Waals surface area contributed by atoms with E-state index in [1.807, 2.05) is 0 Å². The van der Waals surface area contributed by atoms with Crippen molar-refractivity contribution in [2.24, 2.45) is 5.92 Å². The van der Waals surface area contributed by atoms with Crippen molar-refractivity contribution >= 4 is 0 Å². The van der Waals surface area contributed by atoms with Gasteiger partial charge in [0.15, 0.2) is 0 Å². The van der Waals surface area contributed by atoms with E-state index in [9.17, 15) is 0 Å². The quantitative estimate of drug-likeness (QED) is 0.772. The van der Waals surface area contributed by atoms with E-state index in [1.165, 1.54) is 12.8 Å². The standard InChI is InChI=1S/C14H28N2O2/c1-10(2)15-7-11-5-6-12(11)16-8-13(17-3)14(9-16)18-4/h10-15H,5-9H2,1-4H3. The third kappa shape index (κ3) is 3.05. The van der Waals surface area contributed by atoms with Crippen molar-refractivity contribution in [3.63, 3.8) is 0 Å². The second kappa shape index (κ2) is 6.33. The van der Waals surface area contributed by atoms with Gasteiger partial charge in [-0.2, -0.15) is 0 Å². The van der Waals surface area contributed by atoms with E-state index < -0.39 is 0 Å². The molecule has 2 fully saturated rings. The molecule has 0 spiro atoms. The minimum absolute atomic E-state index is 0.245. The van der Waals surface area contributed by atoms with Gasteiger partial charge in [0.25, 0.3) is 0 Å². The third-order valence-corrected chi connectivity index (χ3v) is 4.48. The molecule has 0 aromatic rings. The minimum Gasteiger partial charge on any atom is -0.377 e. The van der Waals surface area contributed by atoms with E-state index in [4.69, 9.17) is 9.47 Å². The molecule has 1 aliphatic heterocycles. The van der Waals surface area contributed by atoms with Crippen molar-refractivity contribution in [3.05, 3.63) is 0 Å². The molecule has 0 bridgehead atoms. The molecular formula is C14H28N2O2.